The van der Waals surface area contributed by atoms with Gasteiger partial charge in [-0.25, -0.2) is 13.8 Å². The first-order valence-corrected chi connectivity index (χ1v) is 11.5. The minimum absolute atomic E-state index is 0.0369. The Hall–Kier alpha value is -2.82. The van der Waals surface area contributed by atoms with E-state index < -0.39 is 28.5 Å². The van der Waals surface area contributed by atoms with E-state index in [-0.39, 0.29) is 10.6 Å². The van der Waals surface area contributed by atoms with E-state index in [1.807, 2.05) is 30.3 Å². The van der Waals surface area contributed by atoms with Crippen LogP contribution in [0.2, 0.25) is 0 Å². The van der Waals surface area contributed by atoms with Crippen molar-refractivity contribution in [2.75, 3.05) is 26.2 Å². The summed E-state index contributed by atoms with van der Waals surface area (Å²) in [4.78, 5) is 14.1. The second-order valence-electron chi connectivity index (χ2n) is 8.04. The van der Waals surface area contributed by atoms with Crippen molar-refractivity contribution in [3.8, 4) is 0 Å². The molecule has 1 unspecified atom stereocenters. The number of benzene rings is 2. The number of nitrogens with zero attached hydrogens (tertiary/aromatic N) is 3. The van der Waals surface area contributed by atoms with Gasteiger partial charge in [0.05, 0.1) is 6.54 Å². The Labute approximate surface area is 195 Å². The molecule has 174 valence electrons. The van der Waals surface area contributed by atoms with E-state index >= 15 is 0 Å². The molecule has 2 aliphatic rings. The molecule has 0 radical (unpaired) electrons. The van der Waals surface area contributed by atoms with Crippen molar-refractivity contribution < 1.29 is 18.7 Å². The number of hydrogen-bond donors (Lipinski definition) is 3. The molecule has 2 aromatic rings. The van der Waals surface area contributed by atoms with Crippen LogP contribution < -0.4 is 5.32 Å². The summed E-state index contributed by atoms with van der Waals surface area (Å²) in [7, 11) is 0. The summed E-state index contributed by atoms with van der Waals surface area (Å²) < 4.78 is 28.6. The van der Waals surface area contributed by atoms with E-state index in [4.69, 9.17) is 5.41 Å². The summed E-state index contributed by atoms with van der Waals surface area (Å²) >= 11 is 1.17. The number of rotatable bonds is 6. The summed E-state index contributed by atoms with van der Waals surface area (Å²) in [5, 5.41) is 26.8. The van der Waals surface area contributed by atoms with Gasteiger partial charge in [0, 0.05) is 25.2 Å². The molecular formula is C23H25F2N5O2S. The van der Waals surface area contributed by atoms with E-state index in [0.717, 1.165) is 30.3 Å². The lowest BCUT2D eigenvalue weighted by molar-refractivity contribution is -0.143. The Bertz CT molecular complexity index is 1080. The van der Waals surface area contributed by atoms with Crippen molar-refractivity contribution >= 4 is 28.5 Å². The molecule has 0 aromatic heterocycles. The van der Waals surface area contributed by atoms with Gasteiger partial charge in [0.2, 0.25) is 0 Å². The number of aliphatic hydroxyl groups is 1. The van der Waals surface area contributed by atoms with Crippen LogP contribution in [0.25, 0.3) is 0 Å². The van der Waals surface area contributed by atoms with Crippen molar-refractivity contribution in [1.29, 1.82) is 5.41 Å². The Morgan fingerprint density at radius 1 is 1.30 bits per heavy atom. The normalized spacial score (nSPS) is 22.1. The van der Waals surface area contributed by atoms with E-state index in [1.165, 1.54) is 23.7 Å². The predicted octanol–water partition coefficient (Wildman–Crippen LogP) is 2.71. The van der Waals surface area contributed by atoms with Gasteiger partial charge in [-0.2, -0.15) is 5.10 Å². The molecule has 0 spiro atoms. The lowest BCUT2D eigenvalue weighted by Crippen LogP contribution is -2.50. The number of nitrogens with one attached hydrogen (secondary N) is 2. The Balaban J connectivity index is 1.76. The number of carbonyl (C=O) groups excluding carboxylic acids is 1. The minimum atomic E-state index is -1.33. The first kappa shape index (κ1) is 23.3. The van der Waals surface area contributed by atoms with Gasteiger partial charge >= 0.3 is 0 Å². The average molecular weight is 474 g/mol. The molecule has 33 heavy (non-hydrogen) atoms. The minimum Gasteiger partial charge on any atom is -0.383 e. The monoisotopic (exact) mass is 473 g/mol. The van der Waals surface area contributed by atoms with Crippen molar-refractivity contribution in [2.45, 2.75) is 24.3 Å². The number of aliphatic hydroxyl groups excluding tert-OH is 1. The number of halogens is 2. The molecule has 2 atom stereocenters. The van der Waals surface area contributed by atoms with Crippen LogP contribution in [0.4, 0.5) is 8.78 Å². The van der Waals surface area contributed by atoms with Crippen molar-refractivity contribution in [2.24, 2.45) is 5.10 Å². The quantitative estimate of drug-likeness (QED) is 0.600. The van der Waals surface area contributed by atoms with Crippen LogP contribution in [0, 0.1) is 17.0 Å². The molecule has 7 nitrogen and oxygen atoms in total. The largest absolute Gasteiger partial charge is 0.383 e. The topological polar surface area (TPSA) is 92.0 Å². The molecule has 0 bridgehead atoms. The van der Waals surface area contributed by atoms with Crippen LogP contribution in [-0.4, -0.2) is 64.1 Å². The van der Waals surface area contributed by atoms with Crippen molar-refractivity contribution in [3.63, 3.8) is 0 Å². The maximum absolute atomic E-state index is 14.6. The van der Waals surface area contributed by atoms with Crippen molar-refractivity contribution in [1.82, 2.24) is 15.2 Å². The Morgan fingerprint density at radius 3 is 2.76 bits per heavy atom. The molecule has 0 saturated carbocycles. The van der Waals surface area contributed by atoms with Gasteiger partial charge in [0.15, 0.2) is 0 Å². The smallest absolute Gasteiger partial charge is 0.272 e. The molecule has 3 N–H and O–H groups in total. The highest BCUT2D eigenvalue weighted by atomic mass is 32.2. The molecule has 0 aliphatic carbocycles. The first-order chi connectivity index (χ1) is 15.8. The first-order valence-electron chi connectivity index (χ1n) is 10.6. The lowest BCUT2D eigenvalue weighted by atomic mass is 10.0. The summed E-state index contributed by atoms with van der Waals surface area (Å²) in [5.41, 5.74) is 0.718. The number of hydrogen-bond acceptors (Lipinski definition) is 6. The van der Waals surface area contributed by atoms with E-state index in [0.29, 0.717) is 31.9 Å². The van der Waals surface area contributed by atoms with Gasteiger partial charge in [0.1, 0.15) is 33.5 Å². The zero-order valence-corrected chi connectivity index (χ0v) is 18.9. The van der Waals surface area contributed by atoms with Crippen LogP contribution >= 0.6 is 11.8 Å². The molecule has 4 rings (SSSR count). The standard InChI is InChI=1S/C23H25F2N5O2S/c1-15(31)22(32)30-23(16-5-3-2-4-6-16,9-11-29-12-10-27-20(26)14-29)33-21(28-30)18-13-17(24)7-8-19(18)25/h2-8,13,15,31H,9-12,14H2,1H3,(H2,26,27)/t15-,23?/m0/s1. The molecule has 1 amide bonds. The van der Waals surface area contributed by atoms with Gasteiger partial charge in [0.25, 0.3) is 5.91 Å². The lowest BCUT2D eigenvalue weighted by Gasteiger charge is -2.38. The molecule has 2 heterocycles. The van der Waals surface area contributed by atoms with Crippen LogP contribution in [-0.2, 0) is 9.67 Å². The van der Waals surface area contributed by atoms with E-state index in [1.54, 1.807) is 0 Å². The second-order valence-corrected chi connectivity index (χ2v) is 9.31. The third-order valence-corrected chi connectivity index (χ3v) is 7.11. The number of amides is 1. The predicted molar refractivity (Wildman–Crippen MR) is 124 cm³/mol. The molecule has 2 aliphatic heterocycles. The second kappa shape index (κ2) is 9.58. The highest BCUT2D eigenvalue weighted by Gasteiger charge is 2.49. The fourth-order valence-corrected chi connectivity index (χ4v) is 5.35. The van der Waals surface area contributed by atoms with Crippen LogP contribution in [0.5, 0.6) is 0 Å². The fraction of sp³-hybridized carbons (Fsp3) is 0.348. The number of amidine groups is 1. The summed E-state index contributed by atoms with van der Waals surface area (Å²) in [5.74, 6) is -1.47. The van der Waals surface area contributed by atoms with Crippen LogP contribution in [0.15, 0.2) is 53.6 Å². The fourth-order valence-electron chi connectivity index (χ4n) is 3.97. The highest BCUT2D eigenvalue weighted by Crippen LogP contribution is 2.50. The highest BCUT2D eigenvalue weighted by molar-refractivity contribution is 8.15. The molecular weight excluding hydrogens is 448 g/mol. The van der Waals surface area contributed by atoms with Gasteiger partial charge in [-0.3, -0.25) is 15.1 Å². The van der Waals surface area contributed by atoms with E-state index in [9.17, 15) is 18.7 Å². The SMILES string of the molecule is C[C@H](O)C(=O)N1N=C(c2cc(F)ccc2F)SC1(CCN1CCNC(=N)C1)c1ccccc1. The van der Waals surface area contributed by atoms with Gasteiger partial charge < -0.3 is 10.4 Å². The zero-order valence-electron chi connectivity index (χ0n) is 18.1. The molecule has 1 saturated heterocycles. The number of hydrazone groups is 1. The van der Waals surface area contributed by atoms with Crippen LogP contribution in [0.3, 0.4) is 0 Å². The Morgan fingerprint density at radius 2 is 2.06 bits per heavy atom. The summed E-state index contributed by atoms with van der Waals surface area (Å²) in [6.45, 7) is 3.72. The maximum atomic E-state index is 14.6. The van der Waals surface area contributed by atoms with Crippen LogP contribution in [0.1, 0.15) is 24.5 Å². The number of carbonyl (C=O) groups is 1. The van der Waals surface area contributed by atoms with Crippen molar-refractivity contribution in [3.05, 3.63) is 71.3 Å². The molecule has 2 aromatic carbocycles. The van der Waals surface area contributed by atoms with Gasteiger partial charge in [-0.05, 0) is 37.1 Å². The molecule has 10 heteroatoms. The third kappa shape index (κ3) is 4.78. The zero-order chi connectivity index (χ0) is 23.6. The number of piperazine rings is 1. The van der Waals surface area contributed by atoms with Gasteiger partial charge in [-0.15, -0.1) is 0 Å². The third-order valence-electron chi connectivity index (χ3n) is 5.66. The Kier molecular flexibility index (Phi) is 6.78. The average Bonchev–Trinajstić information content (AvgIpc) is 3.20. The summed E-state index contributed by atoms with van der Waals surface area (Å²) in [6, 6.07) is 12.4. The summed E-state index contributed by atoms with van der Waals surface area (Å²) in [6.07, 6.45) is -0.932. The maximum Gasteiger partial charge on any atom is 0.272 e. The van der Waals surface area contributed by atoms with Gasteiger partial charge in [-0.1, -0.05) is 42.1 Å². The van der Waals surface area contributed by atoms with E-state index in [2.05, 4.69) is 15.3 Å². The number of thioether (sulfide) groups is 1. The molecule has 1 fully saturated rings.